The molecule has 0 saturated heterocycles. The lowest BCUT2D eigenvalue weighted by Crippen LogP contribution is -2.15. The fraction of sp³-hybridized carbons (Fsp3) is 0.625. The maximum atomic E-state index is 10.3. The van der Waals surface area contributed by atoms with Crippen molar-refractivity contribution in [2.75, 3.05) is 6.61 Å². The van der Waals surface area contributed by atoms with Gasteiger partial charge in [0.15, 0.2) is 0 Å². The zero-order chi connectivity index (χ0) is 9.07. The van der Waals surface area contributed by atoms with Crippen LogP contribution in [0.15, 0.2) is 11.6 Å². The van der Waals surface area contributed by atoms with E-state index in [9.17, 15) is 4.79 Å². The van der Waals surface area contributed by atoms with Gasteiger partial charge in [0.05, 0.1) is 6.61 Å². The van der Waals surface area contributed by atoms with Crippen molar-refractivity contribution in [3.63, 3.8) is 0 Å². The van der Waals surface area contributed by atoms with E-state index in [0.29, 0.717) is 0 Å². The quantitative estimate of drug-likeness (QED) is 0.603. The average molecular weight is 158 g/mol. The molecule has 64 valence electrons. The van der Waals surface area contributed by atoms with E-state index in [1.54, 1.807) is 19.9 Å². The largest absolute Gasteiger partial charge is 0.478 e. The smallest absolute Gasteiger partial charge is 0.330 e. The summed E-state index contributed by atoms with van der Waals surface area (Å²) in [5.41, 5.74) is -0.174. The summed E-state index contributed by atoms with van der Waals surface area (Å²) in [5, 5.41) is 17.3. The number of carbonyl (C=O) groups is 1. The highest BCUT2D eigenvalue weighted by Crippen LogP contribution is 2.17. The van der Waals surface area contributed by atoms with Gasteiger partial charge in [0.1, 0.15) is 0 Å². The molecule has 3 heteroatoms. The number of aliphatic carboxylic acids is 1. The summed E-state index contributed by atoms with van der Waals surface area (Å²) >= 11 is 0. The van der Waals surface area contributed by atoms with Crippen LogP contribution in [0.2, 0.25) is 0 Å². The number of aliphatic hydroxyl groups excluding tert-OH is 1. The predicted molar refractivity (Wildman–Crippen MR) is 42.3 cm³/mol. The first-order valence-electron chi connectivity index (χ1n) is 3.42. The molecule has 0 aliphatic carbocycles. The van der Waals surface area contributed by atoms with E-state index in [-0.39, 0.29) is 12.2 Å². The molecule has 0 aliphatic heterocycles. The van der Waals surface area contributed by atoms with Gasteiger partial charge in [0, 0.05) is 11.0 Å². The van der Waals surface area contributed by atoms with Crippen LogP contribution in [0.1, 0.15) is 20.8 Å². The Balaban J connectivity index is 4.41. The van der Waals surface area contributed by atoms with Gasteiger partial charge in [0.2, 0.25) is 0 Å². The second-order valence-corrected chi connectivity index (χ2v) is 3.28. The molecule has 0 heterocycles. The van der Waals surface area contributed by atoms with Crippen molar-refractivity contribution in [1.29, 1.82) is 0 Å². The van der Waals surface area contributed by atoms with E-state index >= 15 is 0 Å². The highest BCUT2D eigenvalue weighted by molar-refractivity contribution is 5.85. The Bertz CT molecular complexity index is 180. The van der Waals surface area contributed by atoms with Gasteiger partial charge in [-0.2, -0.15) is 0 Å². The molecular formula is C8H14O3. The van der Waals surface area contributed by atoms with E-state index in [2.05, 4.69) is 0 Å². The molecule has 0 fully saturated rings. The third kappa shape index (κ3) is 3.78. The van der Waals surface area contributed by atoms with Crippen LogP contribution >= 0.6 is 0 Å². The number of hydrogen-bond donors (Lipinski definition) is 2. The summed E-state index contributed by atoms with van der Waals surface area (Å²) in [4.78, 5) is 10.3. The molecule has 2 N–H and O–H groups in total. The first kappa shape index (κ1) is 10.2. The third-order valence-electron chi connectivity index (χ3n) is 1.35. The molecule has 0 amide bonds. The lowest BCUT2D eigenvalue weighted by molar-refractivity contribution is -0.132. The Morgan fingerprint density at radius 2 is 2.00 bits per heavy atom. The molecule has 11 heavy (non-hydrogen) atoms. The molecule has 0 saturated carbocycles. The van der Waals surface area contributed by atoms with E-state index in [4.69, 9.17) is 10.2 Å². The highest BCUT2D eigenvalue weighted by Gasteiger charge is 2.14. The van der Waals surface area contributed by atoms with Gasteiger partial charge < -0.3 is 10.2 Å². The second-order valence-electron chi connectivity index (χ2n) is 3.28. The van der Waals surface area contributed by atoms with Crippen LogP contribution in [0.5, 0.6) is 0 Å². The number of hydrogen-bond acceptors (Lipinski definition) is 2. The number of aliphatic hydroxyl groups is 1. The molecule has 0 atom stereocenters. The molecule has 0 spiro atoms. The van der Waals surface area contributed by atoms with E-state index in [0.717, 1.165) is 0 Å². The Kier molecular flexibility index (Phi) is 3.26. The molecule has 0 unspecified atom stereocenters. The molecule has 0 aromatic heterocycles. The van der Waals surface area contributed by atoms with Crippen LogP contribution in [0, 0.1) is 5.41 Å². The summed E-state index contributed by atoms with van der Waals surface area (Å²) in [6.45, 7) is 5.02. The van der Waals surface area contributed by atoms with Gasteiger partial charge in [-0.1, -0.05) is 19.9 Å². The lowest BCUT2D eigenvalue weighted by atomic mass is 9.92. The molecule has 0 radical (unpaired) electrons. The molecule has 0 bridgehead atoms. The van der Waals surface area contributed by atoms with Gasteiger partial charge in [-0.15, -0.1) is 0 Å². The van der Waals surface area contributed by atoms with Crippen molar-refractivity contribution >= 4 is 5.97 Å². The normalized spacial score (nSPS) is 13.3. The minimum Gasteiger partial charge on any atom is -0.478 e. The van der Waals surface area contributed by atoms with E-state index in [1.807, 2.05) is 0 Å². The summed E-state index contributed by atoms with van der Waals surface area (Å²) in [5.74, 6) is -0.938. The van der Waals surface area contributed by atoms with Crippen molar-refractivity contribution in [2.24, 2.45) is 5.41 Å². The number of rotatable bonds is 3. The van der Waals surface area contributed by atoms with Crippen LogP contribution in [0.3, 0.4) is 0 Å². The first-order chi connectivity index (χ1) is 4.89. The number of carboxylic acid groups (broad SMARTS) is 1. The minimum atomic E-state index is -0.938. The van der Waals surface area contributed by atoms with Crippen LogP contribution in [-0.4, -0.2) is 22.8 Å². The highest BCUT2D eigenvalue weighted by atomic mass is 16.4. The first-order valence-corrected chi connectivity index (χ1v) is 3.42. The zero-order valence-electron chi connectivity index (χ0n) is 7.09. The maximum absolute atomic E-state index is 10.3. The van der Waals surface area contributed by atoms with Gasteiger partial charge in [0.25, 0.3) is 0 Å². The Labute approximate surface area is 66.4 Å². The van der Waals surface area contributed by atoms with Crippen molar-refractivity contribution in [3.8, 4) is 0 Å². The fourth-order valence-electron chi connectivity index (χ4n) is 0.693. The lowest BCUT2D eigenvalue weighted by Gasteiger charge is -2.16. The van der Waals surface area contributed by atoms with Gasteiger partial charge in [-0.3, -0.25) is 0 Å². The van der Waals surface area contributed by atoms with Crippen LogP contribution in [0.4, 0.5) is 0 Å². The summed E-state index contributed by atoms with van der Waals surface area (Å²) in [7, 11) is 0. The minimum absolute atomic E-state index is 0.0440. The van der Waals surface area contributed by atoms with E-state index in [1.165, 1.54) is 6.92 Å². The molecule has 0 aromatic rings. The van der Waals surface area contributed by atoms with Crippen molar-refractivity contribution in [1.82, 2.24) is 0 Å². The molecule has 0 aliphatic rings. The standard InChI is InChI=1S/C8H14O3/c1-6(7(10)11)4-8(2,3)5-9/h4,9H,5H2,1-3H3,(H,10,11)/b6-4+. The average Bonchev–Trinajstić information content (AvgIpc) is 1.87. The third-order valence-corrected chi connectivity index (χ3v) is 1.35. The van der Waals surface area contributed by atoms with Crippen LogP contribution in [-0.2, 0) is 4.79 Å². The Hall–Kier alpha value is -0.830. The Morgan fingerprint density at radius 1 is 1.55 bits per heavy atom. The van der Waals surface area contributed by atoms with Crippen molar-refractivity contribution in [2.45, 2.75) is 20.8 Å². The predicted octanol–water partition coefficient (Wildman–Crippen LogP) is 1.04. The molecule has 0 aromatic carbocycles. The topological polar surface area (TPSA) is 57.5 Å². The van der Waals surface area contributed by atoms with Crippen molar-refractivity contribution in [3.05, 3.63) is 11.6 Å². The fourth-order valence-corrected chi connectivity index (χ4v) is 0.693. The zero-order valence-corrected chi connectivity index (χ0v) is 7.09. The Morgan fingerprint density at radius 3 is 2.27 bits per heavy atom. The van der Waals surface area contributed by atoms with Gasteiger partial charge in [-0.25, -0.2) is 4.79 Å². The van der Waals surface area contributed by atoms with Gasteiger partial charge in [-0.05, 0) is 6.92 Å². The second kappa shape index (κ2) is 3.53. The van der Waals surface area contributed by atoms with E-state index < -0.39 is 11.4 Å². The summed E-state index contributed by atoms with van der Waals surface area (Å²) < 4.78 is 0. The molecular weight excluding hydrogens is 144 g/mol. The number of carboxylic acids is 1. The van der Waals surface area contributed by atoms with Gasteiger partial charge >= 0.3 is 5.97 Å². The van der Waals surface area contributed by atoms with Crippen molar-refractivity contribution < 1.29 is 15.0 Å². The monoisotopic (exact) mass is 158 g/mol. The molecule has 0 rings (SSSR count). The van der Waals surface area contributed by atoms with Crippen LogP contribution < -0.4 is 0 Å². The summed E-state index contributed by atoms with van der Waals surface area (Å²) in [6, 6.07) is 0. The maximum Gasteiger partial charge on any atom is 0.330 e. The summed E-state index contributed by atoms with van der Waals surface area (Å²) in [6.07, 6.45) is 1.55. The SMILES string of the molecule is C/C(=C\C(C)(C)CO)C(=O)O. The molecule has 3 nitrogen and oxygen atoms in total. The van der Waals surface area contributed by atoms with Crippen LogP contribution in [0.25, 0.3) is 0 Å².